The molecular formula is C30H42O. The number of hydrogen-bond donors (Lipinski definition) is 0. The highest BCUT2D eigenvalue weighted by atomic mass is 16.5. The van der Waals surface area contributed by atoms with Crippen LogP contribution in [0.15, 0.2) is 48.6 Å². The average Bonchev–Trinajstić information content (AvgIpc) is 2.78. The van der Waals surface area contributed by atoms with E-state index in [1.165, 1.54) is 58.2 Å². The Morgan fingerprint density at radius 1 is 1.03 bits per heavy atom. The quantitative estimate of drug-likeness (QED) is 0.330. The maximum absolute atomic E-state index is 5.49. The molecule has 0 aliphatic heterocycles. The second kappa shape index (κ2) is 12.5. The van der Waals surface area contributed by atoms with Gasteiger partial charge in [0.2, 0.25) is 0 Å². The van der Waals surface area contributed by atoms with E-state index in [0.717, 1.165) is 25.0 Å². The van der Waals surface area contributed by atoms with Gasteiger partial charge < -0.3 is 4.74 Å². The highest BCUT2D eigenvalue weighted by molar-refractivity contribution is 5.85. The van der Waals surface area contributed by atoms with Gasteiger partial charge >= 0.3 is 0 Å². The Morgan fingerprint density at radius 2 is 1.81 bits per heavy atom. The monoisotopic (exact) mass is 418 g/mol. The van der Waals surface area contributed by atoms with Gasteiger partial charge in [-0.2, -0.15) is 0 Å². The number of methoxy groups -OCH3 is 1. The van der Waals surface area contributed by atoms with Crippen molar-refractivity contribution in [2.75, 3.05) is 7.11 Å². The fourth-order valence-electron chi connectivity index (χ4n) is 4.41. The van der Waals surface area contributed by atoms with Crippen molar-refractivity contribution < 1.29 is 4.74 Å². The van der Waals surface area contributed by atoms with Gasteiger partial charge in [-0.1, -0.05) is 88.9 Å². The first-order valence-electron chi connectivity index (χ1n) is 12.1. The molecule has 0 radical (unpaired) electrons. The summed E-state index contributed by atoms with van der Waals surface area (Å²) in [7, 11) is 1.74. The summed E-state index contributed by atoms with van der Waals surface area (Å²) in [4.78, 5) is 0. The molecule has 0 N–H and O–H groups in total. The largest absolute Gasteiger partial charge is 0.497 e. The van der Waals surface area contributed by atoms with Crippen molar-refractivity contribution in [3.05, 3.63) is 76.4 Å². The lowest BCUT2D eigenvalue weighted by atomic mass is 9.85. The van der Waals surface area contributed by atoms with Crippen molar-refractivity contribution >= 4 is 11.1 Å². The maximum atomic E-state index is 5.49. The van der Waals surface area contributed by atoms with E-state index < -0.39 is 0 Å². The summed E-state index contributed by atoms with van der Waals surface area (Å²) < 4.78 is 5.49. The number of aryl methyl sites for hydroxylation is 1. The van der Waals surface area contributed by atoms with Crippen molar-refractivity contribution in [1.82, 2.24) is 0 Å². The first-order chi connectivity index (χ1) is 14.9. The lowest BCUT2D eigenvalue weighted by molar-refractivity contribution is 0.414. The zero-order valence-corrected chi connectivity index (χ0v) is 20.8. The SMILES string of the molecule is CC/C=C(/C=C(\CCC)c1cccc(OC)c1)c1cc(C)cc(C(C)CCCC)c1C. The molecule has 0 heterocycles. The minimum atomic E-state index is 0.596. The van der Waals surface area contributed by atoms with E-state index in [1.807, 2.05) is 6.07 Å². The molecule has 2 rings (SSSR count). The number of benzene rings is 2. The number of rotatable bonds is 11. The van der Waals surface area contributed by atoms with Gasteiger partial charge in [0.1, 0.15) is 5.75 Å². The zero-order chi connectivity index (χ0) is 22.8. The first kappa shape index (κ1) is 25.0. The average molecular weight is 419 g/mol. The van der Waals surface area contributed by atoms with E-state index in [9.17, 15) is 0 Å². The molecule has 0 fully saturated rings. The van der Waals surface area contributed by atoms with Gasteiger partial charge in [0, 0.05) is 0 Å². The molecule has 0 spiro atoms. The minimum Gasteiger partial charge on any atom is -0.497 e. The molecule has 1 atom stereocenters. The van der Waals surface area contributed by atoms with Gasteiger partial charge in [-0.05, 0) is 84.6 Å². The predicted octanol–water partition coefficient (Wildman–Crippen LogP) is 9.28. The molecule has 168 valence electrons. The Kier molecular flexibility index (Phi) is 10.1. The summed E-state index contributed by atoms with van der Waals surface area (Å²) >= 11 is 0. The van der Waals surface area contributed by atoms with E-state index in [4.69, 9.17) is 4.74 Å². The normalized spacial score (nSPS) is 13.4. The second-order valence-electron chi connectivity index (χ2n) is 8.79. The van der Waals surface area contributed by atoms with Crippen LogP contribution in [0.3, 0.4) is 0 Å². The Morgan fingerprint density at radius 3 is 2.45 bits per heavy atom. The van der Waals surface area contributed by atoms with Crippen molar-refractivity contribution in [3.63, 3.8) is 0 Å². The molecule has 0 aliphatic rings. The van der Waals surface area contributed by atoms with Crippen molar-refractivity contribution in [1.29, 1.82) is 0 Å². The van der Waals surface area contributed by atoms with Crippen LogP contribution in [0.1, 0.15) is 100.0 Å². The molecule has 0 saturated carbocycles. The van der Waals surface area contributed by atoms with E-state index in [2.05, 4.69) is 84.0 Å². The standard InChI is InChI=1S/C30H42O/c1-8-11-15-23(5)29-18-22(4)19-30(24(29)6)27(14-10-3)20-25(13-9-2)26-16-12-17-28(21-26)31-7/h12,14,16-21,23H,8-11,13,15H2,1-7H3/b25-20+,27-14-. The fraction of sp³-hybridized carbons (Fsp3) is 0.467. The third kappa shape index (κ3) is 6.86. The van der Waals surface area contributed by atoms with Crippen LogP contribution in [-0.2, 0) is 0 Å². The van der Waals surface area contributed by atoms with Gasteiger partial charge in [-0.3, -0.25) is 0 Å². The van der Waals surface area contributed by atoms with Crippen LogP contribution in [0.5, 0.6) is 5.75 Å². The molecule has 2 aromatic carbocycles. The van der Waals surface area contributed by atoms with Gasteiger partial charge in [-0.15, -0.1) is 0 Å². The topological polar surface area (TPSA) is 9.23 Å². The smallest absolute Gasteiger partial charge is 0.119 e. The molecule has 1 heteroatoms. The molecule has 0 aliphatic carbocycles. The first-order valence-corrected chi connectivity index (χ1v) is 12.1. The molecular weight excluding hydrogens is 376 g/mol. The van der Waals surface area contributed by atoms with Crippen LogP contribution in [0.2, 0.25) is 0 Å². The third-order valence-corrected chi connectivity index (χ3v) is 6.14. The Balaban J connectivity index is 2.58. The van der Waals surface area contributed by atoms with Crippen LogP contribution in [0, 0.1) is 13.8 Å². The highest BCUT2D eigenvalue weighted by Crippen LogP contribution is 2.34. The number of unbranched alkanes of at least 4 members (excludes halogenated alkanes) is 1. The number of ether oxygens (including phenoxy) is 1. The molecule has 0 amide bonds. The summed E-state index contributed by atoms with van der Waals surface area (Å²) in [5.74, 6) is 1.51. The van der Waals surface area contributed by atoms with Crippen LogP contribution in [0.25, 0.3) is 11.1 Å². The highest BCUT2D eigenvalue weighted by Gasteiger charge is 2.15. The number of hydrogen-bond acceptors (Lipinski definition) is 1. The van der Waals surface area contributed by atoms with Gasteiger partial charge in [0.25, 0.3) is 0 Å². The van der Waals surface area contributed by atoms with E-state index in [1.54, 1.807) is 7.11 Å². The molecule has 2 aromatic rings. The van der Waals surface area contributed by atoms with Crippen molar-refractivity contribution in [2.24, 2.45) is 0 Å². The van der Waals surface area contributed by atoms with Crippen molar-refractivity contribution in [2.45, 2.75) is 86.0 Å². The Hall–Kier alpha value is -2.28. The molecule has 0 saturated heterocycles. The molecule has 0 bridgehead atoms. The van der Waals surface area contributed by atoms with E-state index in [0.29, 0.717) is 5.92 Å². The molecule has 31 heavy (non-hydrogen) atoms. The van der Waals surface area contributed by atoms with Gasteiger partial charge in [0.05, 0.1) is 7.11 Å². The van der Waals surface area contributed by atoms with Gasteiger partial charge in [-0.25, -0.2) is 0 Å². The fourth-order valence-corrected chi connectivity index (χ4v) is 4.41. The van der Waals surface area contributed by atoms with Gasteiger partial charge in [0.15, 0.2) is 0 Å². The molecule has 1 unspecified atom stereocenters. The third-order valence-electron chi connectivity index (χ3n) is 6.14. The summed E-state index contributed by atoms with van der Waals surface area (Å²) in [6.07, 6.45) is 11.8. The predicted molar refractivity (Wildman–Crippen MR) is 138 cm³/mol. The van der Waals surface area contributed by atoms with Crippen LogP contribution in [-0.4, -0.2) is 7.11 Å². The lowest BCUT2D eigenvalue weighted by Crippen LogP contribution is -2.02. The number of allylic oxidation sites excluding steroid dienone is 4. The summed E-state index contributed by atoms with van der Waals surface area (Å²) in [6.45, 7) is 13.7. The van der Waals surface area contributed by atoms with Crippen LogP contribution in [0.4, 0.5) is 0 Å². The van der Waals surface area contributed by atoms with E-state index in [-0.39, 0.29) is 0 Å². The Labute approximate surface area is 191 Å². The summed E-state index contributed by atoms with van der Waals surface area (Å²) in [5, 5.41) is 0. The second-order valence-corrected chi connectivity index (χ2v) is 8.79. The van der Waals surface area contributed by atoms with E-state index >= 15 is 0 Å². The van der Waals surface area contributed by atoms with Crippen molar-refractivity contribution in [3.8, 4) is 5.75 Å². The minimum absolute atomic E-state index is 0.596. The van der Waals surface area contributed by atoms with Crippen LogP contribution < -0.4 is 4.74 Å². The summed E-state index contributed by atoms with van der Waals surface area (Å²) in [6, 6.07) is 13.2. The molecule has 1 nitrogen and oxygen atoms in total. The summed E-state index contributed by atoms with van der Waals surface area (Å²) in [5.41, 5.74) is 9.67. The maximum Gasteiger partial charge on any atom is 0.119 e. The van der Waals surface area contributed by atoms with Crippen LogP contribution >= 0.6 is 0 Å². The molecule has 0 aromatic heterocycles. The Bertz CT molecular complexity index is 901. The zero-order valence-electron chi connectivity index (χ0n) is 20.8. The lowest BCUT2D eigenvalue weighted by Gasteiger charge is -2.20.